The maximum atomic E-state index is 12.9. The predicted molar refractivity (Wildman–Crippen MR) is 119 cm³/mol. The van der Waals surface area contributed by atoms with Crippen molar-refractivity contribution in [2.24, 2.45) is 10.2 Å². The molecule has 4 rings (SSSR count). The van der Waals surface area contributed by atoms with Crippen LogP contribution in [0.3, 0.4) is 0 Å². The van der Waals surface area contributed by atoms with Crippen molar-refractivity contribution in [2.45, 2.75) is 0 Å². The van der Waals surface area contributed by atoms with Gasteiger partial charge in [-0.05, 0) is 35.7 Å². The predicted octanol–water partition coefficient (Wildman–Crippen LogP) is 4.69. The molecule has 0 saturated heterocycles. The molecule has 3 N–H and O–H groups in total. The van der Waals surface area contributed by atoms with Gasteiger partial charge in [-0.25, -0.2) is 0 Å². The van der Waals surface area contributed by atoms with Gasteiger partial charge in [0.05, 0.1) is 12.7 Å². The van der Waals surface area contributed by atoms with Crippen LogP contribution in [0.5, 0.6) is 11.5 Å². The lowest BCUT2D eigenvalue weighted by Crippen LogP contribution is -2.12. The highest BCUT2D eigenvalue weighted by Gasteiger charge is 2.19. The first-order chi connectivity index (χ1) is 16.0. The third kappa shape index (κ3) is 4.17. The highest BCUT2D eigenvalue weighted by molar-refractivity contribution is 6.11. The molecular weight excluding hydrogens is 422 g/mol. The van der Waals surface area contributed by atoms with E-state index in [9.17, 15) is 9.90 Å². The van der Waals surface area contributed by atoms with Crippen LogP contribution in [0.25, 0.3) is 10.8 Å². The van der Waals surface area contributed by atoms with Crippen molar-refractivity contribution < 1.29 is 14.6 Å². The number of phenolic OH excluding ortho intramolecular Hbond substituents is 1. The lowest BCUT2D eigenvalue weighted by molar-refractivity contribution is 0.102. The summed E-state index contributed by atoms with van der Waals surface area (Å²) in [5.41, 5.74) is 0.385. The number of nitrogens with one attached hydrogen (secondary N) is 2. The fourth-order valence-corrected chi connectivity index (χ4v) is 3.13. The van der Waals surface area contributed by atoms with Crippen LogP contribution in [0, 0.1) is 22.7 Å². The molecule has 0 radical (unpaired) electrons. The van der Waals surface area contributed by atoms with Crippen LogP contribution >= 0.6 is 0 Å². The number of hydrogen-bond acceptors (Lipinski definition) is 8. The zero-order chi connectivity index (χ0) is 23.4. The maximum absolute atomic E-state index is 12.9. The molecule has 1 aromatic heterocycles. The Morgan fingerprint density at radius 2 is 1.88 bits per heavy atom. The van der Waals surface area contributed by atoms with E-state index in [0.29, 0.717) is 22.2 Å². The van der Waals surface area contributed by atoms with Gasteiger partial charge in [0.15, 0.2) is 17.1 Å². The number of hydrogen-bond donors (Lipinski definition) is 3. The summed E-state index contributed by atoms with van der Waals surface area (Å²) in [7, 11) is 1.54. The molecule has 10 nitrogen and oxygen atoms in total. The van der Waals surface area contributed by atoms with Gasteiger partial charge in [0.25, 0.3) is 5.91 Å². The number of aromatic hydroxyl groups is 1. The van der Waals surface area contributed by atoms with Crippen molar-refractivity contribution in [1.82, 2.24) is 9.97 Å². The van der Waals surface area contributed by atoms with Crippen molar-refractivity contribution in [3.63, 3.8) is 0 Å². The molecule has 0 unspecified atom stereocenters. The number of rotatable bonds is 5. The van der Waals surface area contributed by atoms with Crippen molar-refractivity contribution in [3.05, 3.63) is 71.5 Å². The van der Waals surface area contributed by atoms with E-state index >= 15 is 0 Å². The van der Waals surface area contributed by atoms with E-state index < -0.39 is 5.91 Å². The minimum atomic E-state index is -0.545. The first-order valence-corrected chi connectivity index (χ1v) is 9.56. The third-order valence-electron chi connectivity index (χ3n) is 4.74. The van der Waals surface area contributed by atoms with Crippen LogP contribution in [-0.2, 0) is 0 Å². The van der Waals surface area contributed by atoms with E-state index in [0.717, 1.165) is 0 Å². The standard InChI is InChI=1S/C23H15N7O3/c1-33-15-8-6-14(7-9-15)26-22(32)17-10-13-4-2-3-5-16(13)20(21(17)31)29-30-23-27-18(11-24)19(12-25)28-23/h2-10,31H,1H3,(H,26,32)(H,27,28)/b30-29+. The highest BCUT2D eigenvalue weighted by Crippen LogP contribution is 2.39. The van der Waals surface area contributed by atoms with Gasteiger partial charge in [-0.3, -0.25) is 4.79 Å². The van der Waals surface area contributed by atoms with Crippen LogP contribution in [0.4, 0.5) is 17.3 Å². The molecule has 1 amide bonds. The molecule has 1 heterocycles. The number of carbonyl (C=O) groups excluding carboxylic acids is 1. The van der Waals surface area contributed by atoms with Crippen LogP contribution in [-0.4, -0.2) is 28.1 Å². The summed E-state index contributed by atoms with van der Waals surface area (Å²) >= 11 is 0. The van der Waals surface area contributed by atoms with Crippen LogP contribution < -0.4 is 10.1 Å². The van der Waals surface area contributed by atoms with Gasteiger partial charge >= 0.3 is 0 Å². The second kappa shape index (κ2) is 8.88. The van der Waals surface area contributed by atoms with Gasteiger partial charge in [0, 0.05) is 11.1 Å². The molecule has 0 bridgehead atoms. The summed E-state index contributed by atoms with van der Waals surface area (Å²) in [5.74, 6) is -0.367. The van der Waals surface area contributed by atoms with Crippen molar-refractivity contribution in [2.75, 3.05) is 12.4 Å². The fraction of sp³-hybridized carbons (Fsp3) is 0.0435. The topological polar surface area (TPSA) is 160 Å². The van der Waals surface area contributed by atoms with Gasteiger partial charge in [0.2, 0.25) is 5.95 Å². The number of ether oxygens (including phenoxy) is 1. The molecule has 10 heteroatoms. The molecule has 0 saturated carbocycles. The van der Waals surface area contributed by atoms with Gasteiger partial charge in [-0.15, -0.1) is 10.2 Å². The fourth-order valence-electron chi connectivity index (χ4n) is 3.13. The molecule has 160 valence electrons. The Bertz CT molecular complexity index is 1440. The molecule has 0 aliphatic heterocycles. The molecule has 4 aromatic rings. The monoisotopic (exact) mass is 437 g/mol. The van der Waals surface area contributed by atoms with Gasteiger partial charge in [0.1, 0.15) is 23.6 Å². The zero-order valence-corrected chi connectivity index (χ0v) is 17.2. The number of aromatic amines is 1. The summed E-state index contributed by atoms with van der Waals surface area (Å²) in [5, 5.41) is 40.9. The Kier molecular flexibility index (Phi) is 5.66. The maximum Gasteiger partial charge on any atom is 0.259 e. The Morgan fingerprint density at radius 3 is 2.55 bits per heavy atom. The zero-order valence-electron chi connectivity index (χ0n) is 17.2. The number of carbonyl (C=O) groups is 1. The number of fused-ring (bicyclic) bond motifs is 1. The molecule has 0 aliphatic rings. The van der Waals surface area contributed by atoms with Gasteiger partial charge in [-0.2, -0.15) is 15.5 Å². The van der Waals surface area contributed by atoms with E-state index in [1.807, 2.05) is 6.07 Å². The SMILES string of the molecule is COc1ccc(NC(=O)c2cc3ccccc3c(/N=N/c3nc(C#N)c(C#N)[nH]3)c2O)cc1. The number of nitriles is 2. The minimum Gasteiger partial charge on any atom is -0.505 e. The summed E-state index contributed by atoms with van der Waals surface area (Å²) < 4.78 is 5.11. The van der Waals surface area contributed by atoms with Gasteiger partial charge in [-0.1, -0.05) is 24.3 Å². The largest absolute Gasteiger partial charge is 0.505 e. The van der Waals surface area contributed by atoms with Crippen LogP contribution in [0.2, 0.25) is 0 Å². The number of aromatic nitrogens is 2. The van der Waals surface area contributed by atoms with E-state index in [2.05, 4.69) is 25.5 Å². The first kappa shape index (κ1) is 21.0. The van der Waals surface area contributed by atoms with E-state index in [1.165, 1.54) is 0 Å². The number of H-pyrrole nitrogens is 1. The highest BCUT2D eigenvalue weighted by atomic mass is 16.5. The number of imidazole rings is 1. The molecule has 0 spiro atoms. The Hall–Kier alpha value is -5.22. The lowest BCUT2D eigenvalue weighted by atomic mass is 10.0. The van der Waals surface area contributed by atoms with E-state index in [1.54, 1.807) is 67.8 Å². The Balaban J connectivity index is 1.74. The minimum absolute atomic E-state index is 0.00617. The molecule has 3 aromatic carbocycles. The summed E-state index contributed by atoms with van der Waals surface area (Å²) in [6.45, 7) is 0. The summed E-state index contributed by atoms with van der Waals surface area (Å²) in [4.78, 5) is 19.4. The Morgan fingerprint density at radius 1 is 1.12 bits per heavy atom. The molecule has 0 aliphatic carbocycles. The summed E-state index contributed by atoms with van der Waals surface area (Å²) in [6, 6.07) is 18.9. The van der Waals surface area contributed by atoms with Crippen molar-refractivity contribution in [1.29, 1.82) is 10.5 Å². The van der Waals surface area contributed by atoms with Crippen LogP contribution in [0.1, 0.15) is 21.7 Å². The van der Waals surface area contributed by atoms with Crippen molar-refractivity contribution >= 4 is 34.0 Å². The van der Waals surface area contributed by atoms with Crippen LogP contribution in [0.15, 0.2) is 64.8 Å². The number of nitrogens with zero attached hydrogens (tertiary/aromatic N) is 5. The Labute approximate surface area is 187 Å². The average Bonchev–Trinajstić information content (AvgIpc) is 3.26. The third-order valence-corrected chi connectivity index (χ3v) is 4.74. The molecular formula is C23H15N7O3. The number of methoxy groups -OCH3 is 1. The molecule has 33 heavy (non-hydrogen) atoms. The first-order valence-electron chi connectivity index (χ1n) is 9.56. The van der Waals surface area contributed by atoms with Crippen molar-refractivity contribution in [3.8, 4) is 23.6 Å². The van der Waals surface area contributed by atoms with E-state index in [4.69, 9.17) is 15.3 Å². The number of amides is 1. The second-order valence-corrected chi connectivity index (χ2v) is 6.73. The molecule has 0 fully saturated rings. The number of phenols is 1. The smallest absolute Gasteiger partial charge is 0.259 e. The quantitative estimate of drug-likeness (QED) is 0.384. The van der Waals surface area contributed by atoms with Gasteiger partial charge < -0.3 is 20.1 Å². The number of azo groups is 1. The average molecular weight is 437 g/mol. The normalized spacial score (nSPS) is 10.6. The lowest BCUT2D eigenvalue weighted by Gasteiger charge is -2.11. The van der Waals surface area contributed by atoms with E-state index in [-0.39, 0.29) is 34.3 Å². The number of anilines is 1. The molecule has 0 atom stereocenters. The number of benzene rings is 3. The second-order valence-electron chi connectivity index (χ2n) is 6.73. The summed E-state index contributed by atoms with van der Waals surface area (Å²) in [6.07, 6.45) is 0.